The normalized spacial score (nSPS) is 17.2. The third kappa shape index (κ3) is 2.41. The van der Waals surface area contributed by atoms with E-state index in [4.69, 9.17) is 10.5 Å². The van der Waals surface area contributed by atoms with Crippen molar-refractivity contribution < 1.29 is 9.66 Å². The number of aromatic nitrogens is 2. The standard InChI is InChI=1S/C9H13N5O3/c1-9(4-17-5-9)3-12-8-11-2-6(14(15)16)7(10)13-8/h2H,3-5H2,1H3,(H3,10,11,12,13). The van der Waals surface area contributed by atoms with Crippen LogP contribution in [0, 0.1) is 15.5 Å². The number of nitrogens with two attached hydrogens (primary N) is 1. The molecule has 1 aliphatic rings. The summed E-state index contributed by atoms with van der Waals surface area (Å²) in [6, 6.07) is 0. The molecule has 17 heavy (non-hydrogen) atoms. The number of hydrogen-bond acceptors (Lipinski definition) is 7. The summed E-state index contributed by atoms with van der Waals surface area (Å²) in [6.07, 6.45) is 1.10. The molecular weight excluding hydrogens is 226 g/mol. The van der Waals surface area contributed by atoms with Crippen molar-refractivity contribution in [3.05, 3.63) is 16.3 Å². The molecule has 1 fully saturated rings. The lowest BCUT2D eigenvalue weighted by molar-refractivity contribution is -0.384. The second kappa shape index (κ2) is 4.13. The van der Waals surface area contributed by atoms with Gasteiger partial charge in [-0.15, -0.1) is 0 Å². The summed E-state index contributed by atoms with van der Waals surface area (Å²) in [7, 11) is 0. The molecule has 0 radical (unpaired) electrons. The van der Waals surface area contributed by atoms with Crippen molar-refractivity contribution in [2.24, 2.45) is 5.41 Å². The lowest BCUT2D eigenvalue weighted by Gasteiger charge is -2.37. The number of rotatable bonds is 4. The molecule has 2 heterocycles. The summed E-state index contributed by atoms with van der Waals surface area (Å²) in [5, 5.41) is 13.5. The van der Waals surface area contributed by atoms with Crippen LogP contribution in [0.3, 0.4) is 0 Å². The van der Waals surface area contributed by atoms with Crippen molar-refractivity contribution in [3.63, 3.8) is 0 Å². The molecule has 1 aliphatic heterocycles. The molecular formula is C9H13N5O3. The van der Waals surface area contributed by atoms with Gasteiger partial charge in [0, 0.05) is 12.0 Å². The molecule has 92 valence electrons. The smallest absolute Gasteiger partial charge is 0.329 e. The summed E-state index contributed by atoms with van der Waals surface area (Å²) < 4.78 is 5.11. The van der Waals surface area contributed by atoms with Crippen molar-refractivity contribution in [1.29, 1.82) is 0 Å². The minimum atomic E-state index is -0.611. The van der Waals surface area contributed by atoms with Crippen LogP contribution in [0.5, 0.6) is 0 Å². The van der Waals surface area contributed by atoms with E-state index in [0.29, 0.717) is 25.7 Å². The largest absolute Gasteiger partial charge is 0.380 e. The second-order valence-electron chi connectivity index (χ2n) is 4.38. The fourth-order valence-electron chi connectivity index (χ4n) is 1.46. The van der Waals surface area contributed by atoms with Gasteiger partial charge in [0.2, 0.25) is 11.8 Å². The fraction of sp³-hybridized carbons (Fsp3) is 0.556. The van der Waals surface area contributed by atoms with Crippen LogP contribution in [0.15, 0.2) is 6.20 Å². The Bertz CT molecular complexity index is 446. The van der Waals surface area contributed by atoms with Gasteiger partial charge >= 0.3 is 5.69 Å². The van der Waals surface area contributed by atoms with Crippen LogP contribution in [0.1, 0.15) is 6.92 Å². The number of nitrogens with zero attached hydrogens (tertiary/aromatic N) is 3. The monoisotopic (exact) mass is 239 g/mol. The average Bonchev–Trinajstić information content (AvgIpc) is 2.23. The number of hydrogen-bond donors (Lipinski definition) is 2. The first kappa shape index (κ1) is 11.5. The Morgan fingerprint density at radius 2 is 2.41 bits per heavy atom. The zero-order chi connectivity index (χ0) is 12.5. The summed E-state index contributed by atoms with van der Waals surface area (Å²) in [5.41, 5.74) is 5.24. The van der Waals surface area contributed by atoms with Crippen LogP contribution in [-0.2, 0) is 4.74 Å². The van der Waals surface area contributed by atoms with Gasteiger partial charge in [-0.05, 0) is 0 Å². The highest BCUT2D eigenvalue weighted by Crippen LogP contribution is 2.26. The first-order valence-corrected chi connectivity index (χ1v) is 5.09. The maximum Gasteiger partial charge on any atom is 0.329 e. The van der Waals surface area contributed by atoms with E-state index < -0.39 is 4.92 Å². The first-order valence-electron chi connectivity index (χ1n) is 5.09. The van der Waals surface area contributed by atoms with Gasteiger partial charge in [0.1, 0.15) is 6.20 Å². The number of nitro groups is 1. The first-order chi connectivity index (χ1) is 8.00. The molecule has 8 nitrogen and oxygen atoms in total. The summed E-state index contributed by atoms with van der Waals surface area (Å²) >= 11 is 0. The molecule has 8 heteroatoms. The van der Waals surface area contributed by atoms with Gasteiger partial charge in [0.15, 0.2) is 0 Å². The van der Waals surface area contributed by atoms with E-state index in [9.17, 15) is 10.1 Å². The fourth-order valence-corrected chi connectivity index (χ4v) is 1.46. The Labute approximate surface area is 97.3 Å². The highest BCUT2D eigenvalue weighted by Gasteiger charge is 2.33. The zero-order valence-electron chi connectivity index (χ0n) is 9.34. The van der Waals surface area contributed by atoms with Crippen LogP contribution in [0.25, 0.3) is 0 Å². The molecule has 0 saturated carbocycles. The van der Waals surface area contributed by atoms with Crippen LogP contribution in [-0.4, -0.2) is 34.6 Å². The van der Waals surface area contributed by atoms with E-state index >= 15 is 0 Å². The van der Waals surface area contributed by atoms with Crippen molar-refractivity contribution in [3.8, 4) is 0 Å². The summed E-state index contributed by atoms with van der Waals surface area (Å²) in [5.74, 6) is 0.156. The molecule has 3 N–H and O–H groups in total. The molecule has 0 aromatic carbocycles. The molecule has 1 saturated heterocycles. The average molecular weight is 239 g/mol. The number of anilines is 2. The van der Waals surface area contributed by atoms with Crippen LogP contribution < -0.4 is 11.1 Å². The highest BCUT2D eigenvalue weighted by molar-refractivity contribution is 5.53. The third-order valence-corrected chi connectivity index (χ3v) is 2.57. The Morgan fingerprint density at radius 1 is 1.71 bits per heavy atom. The lowest BCUT2D eigenvalue weighted by atomic mass is 9.89. The van der Waals surface area contributed by atoms with E-state index in [1.54, 1.807) is 0 Å². The molecule has 2 rings (SSSR count). The van der Waals surface area contributed by atoms with Gasteiger partial charge in [-0.3, -0.25) is 10.1 Å². The molecule has 0 bridgehead atoms. The SMILES string of the molecule is CC1(CNc2ncc([N+](=O)[O-])c(N)n2)COC1. The molecule has 1 aromatic rings. The molecule has 0 spiro atoms. The van der Waals surface area contributed by atoms with Crippen molar-refractivity contribution in [2.75, 3.05) is 30.8 Å². The third-order valence-electron chi connectivity index (χ3n) is 2.57. The van der Waals surface area contributed by atoms with Crippen molar-refractivity contribution in [2.45, 2.75) is 6.92 Å². The Kier molecular flexibility index (Phi) is 2.80. The van der Waals surface area contributed by atoms with Gasteiger partial charge in [0.25, 0.3) is 0 Å². The van der Waals surface area contributed by atoms with Crippen LogP contribution in [0.4, 0.5) is 17.5 Å². The Morgan fingerprint density at radius 3 is 2.88 bits per heavy atom. The zero-order valence-corrected chi connectivity index (χ0v) is 9.34. The summed E-state index contributed by atoms with van der Waals surface area (Å²) in [4.78, 5) is 17.6. The predicted octanol–water partition coefficient (Wildman–Crippen LogP) is 0.415. The summed E-state index contributed by atoms with van der Waals surface area (Å²) in [6.45, 7) is 4.08. The second-order valence-corrected chi connectivity index (χ2v) is 4.38. The minimum Gasteiger partial charge on any atom is -0.380 e. The number of ether oxygens (including phenoxy) is 1. The molecule has 0 amide bonds. The van der Waals surface area contributed by atoms with E-state index in [1.165, 1.54) is 0 Å². The Balaban J connectivity index is 2.02. The van der Waals surface area contributed by atoms with Crippen molar-refractivity contribution in [1.82, 2.24) is 9.97 Å². The van der Waals surface area contributed by atoms with Gasteiger partial charge in [-0.1, -0.05) is 6.92 Å². The van der Waals surface area contributed by atoms with Gasteiger partial charge < -0.3 is 15.8 Å². The van der Waals surface area contributed by atoms with Gasteiger partial charge in [0.05, 0.1) is 18.1 Å². The quantitative estimate of drug-likeness (QED) is 0.577. The molecule has 0 aliphatic carbocycles. The lowest BCUT2D eigenvalue weighted by Crippen LogP contribution is -2.45. The molecule has 0 atom stereocenters. The maximum atomic E-state index is 10.5. The van der Waals surface area contributed by atoms with Crippen LogP contribution >= 0.6 is 0 Å². The van der Waals surface area contributed by atoms with E-state index in [0.717, 1.165) is 6.20 Å². The topological polar surface area (TPSA) is 116 Å². The maximum absolute atomic E-state index is 10.5. The molecule has 1 aromatic heterocycles. The highest BCUT2D eigenvalue weighted by atomic mass is 16.6. The molecule has 0 unspecified atom stereocenters. The minimum absolute atomic E-state index is 0.0693. The number of nitrogens with one attached hydrogen (secondary N) is 1. The predicted molar refractivity (Wildman–Crippen MR) is 60.5 cm³/mol. The van der Waals surface area contributed by atoms with E-state index in [1.807, 2.05) is 0 Å². The van der Waals surface area contributed by atoms with Crippen molar-refractivity contribution >= 4 is 17.5 Å². The van der Waals surface area contributed by atoms with Crippen LogP contribution in [0.2, 0.25) is 0 Å². The number of nitrogen functional groups attached to an aromatic ring is 1. The van der Waals surface area contributed by atoms with E-state index in [2.05, 4.69) is 22.2 Å². The van der Waals surface area contributed by atoms with Gasteiger partial charge in [-0.2, -0.15) is 4.98 Å². The Hall–Kier alpha value is -1.96. The van der Waals surface area contributed by atoms with E-state index in [-0.39, 0.29) is 16.9 Å². The van der Waals surface area contributed by atoms with Gasteiger partial charge in [-0.25, -0.2) is 4.98 Å².